The zero-order valence-corrected chi connectivity index (χ0v) is 11.0. The van der Waals surface area contributed by atoms with Crippen molar-refractivity contribution in [1.82, 2.24) is 4.90 Å². The minimum absolute atomic E-state index is 0.252. The van der Waals surface area contributed by atoms with E-state index in [-0.39, 0.29) is 17.6 Å². The lowest BCUT2D eigenvalue weighted by molar-refractivity contribution is 0.221. The SMILES string of the molecule is CCN(CC(N)=S)C(=O)Nc1ccccc1Cl. The van der Waals surface area contributed by atoms with E-state index in [1.165, 1.54) is 4.90 Å². The van der Waals surface area contributed by atoms with Crippen LogP contribution < -0.4 is 11.1 Å². The van der Waals surface area contributed by atoms with Crippen molar-refractivity contribution in [2.24, 2.45) is 5.73 Å². The Kier molecular flexibility index (Phi) is 5.18. The van der Waals surface area contributed by atoms with Gasteiger partial charge >= 0.3 is 6.03 Å². The summed E-state index contributed by atoms with van der Waals surface area (Å²) in [5, 5.41) is 3.20. The number of para-hydroxylation sites is 1. The molecule has 1 aromatic rings. The number of carbonyl (C=O) groups excluding carboxylic acids is 1. The molecule has 4 nitrogen and oxygen atoms in total. The minimum atomic E-state index is -0.270. The maximum absolute atomic E-state index is 11.9. The molecule has 17 heavy (non-hydrogen) atoms. The molecule has 0 saturated carbocycles. The van der Waals surface area contributed by atoms with Crippen LogP contribution in [0, 0.1) is 0 Å². The average Bonchev–Trinajstić information content (AvgIpc) is 2.28. The Labute approximate surface area is 111 Å². The second-order valence-electron chi connectivity index (χ2n) is 3.39. The molecular formula is C11H14ClN3OS. The average molecular weight is 272 g/mol. The Morgan fingerprint density at radius 1 is 1.53 bits per heavy atom. The van der Waals surface area contributed by atoms with Crippen molar-refractivity contribution in [3.8, 4) is 0 Å². The van der Waals surface area contributed by atoms with Gasteiger partial charge in [0.05, 0.1) is 22.2 Å². The number of nitrogens with two attached hydrogens (primary N) is 1. The number of likely N-dealkylation sites (N-methyl/N-ethyl adjacent to an activating group) is 1. The van der Waals surface area contributed by atoms with E-state index in [2.05, 4.69) is 5.32 Å². The normalized spacial score (nSPS) is 9.76. The van der Waals surface area contributed by atoms with E-state index in [4.69, 9.17) is 29.6 Å². The molecule has 2 amide bonds. The third-order valence-electron chi connectivity index (χ3n) is 2.13. The molecule has 0 fully saturated rings. The van der Waals surface area contributed by atoms with E-state index >= 15 is 0 Å². The molecule has 1 aromatic carbocycles. The largest absolute Gasteiger partial charge is 0.392 e. The monoisotopic (exact) mass is 271 g/mol. The summed E-state index contributed by atoms with van der Waals surface area (Å²) in [4.78, 5) is 13.7. The second kappa shape index (κ2) is 6.42. The first kappa shape index (κ1) is 13.7. The fourth-order valence-electron chi connectivity index (χ4n) is 1.27. The van der Waals surface area contributed by atoms with Crippen LogP contribution in [0.1, 0.15) is 6.92 Å². The lowest BCUT2D eigenvalue weighted by atomic mass is 10.3. The lowest BCUT2D eigenvalue weighted by Gasteiger charge is -2.20. The van der Waals surface area contributed by atoms with Crippen molar-refractivity contribution in [2.45, 2.75) is 6.92 Å². The predicted molar refractivity (Wildman–Crippen MR) is 74.5 cm³/mol. The molecule has 0 spiro atoms. The number of urea groups is 1. The fourth-order valence-corrected chi connectivity index (χ4v) is 1.61. The van der Waals surface area contributed by atoms with Crippen LogP contribution in [0.5, 0.6) is 0 Å². The van der Waals surface area contributed by atoms with E-state index in [9.17, 15) is 4.79 Å². The lowest BCUT2D eigenvalue weighted by Crippen LogP contribution is -2.40. The summed E-state index contributed by atoms with van der Waals surface area (Å²) in [6.07, 6.45) is 0. The van der Waals surface area contributed by atoms with Gasteiger partial charge in [0.25, 0.3) is 0 Å². The molecular weight excluding hydrogens is 258 g/mol. The van der Waals surface area contributed by atoms with Gasteiger partial charge in [0.2, 0.25) is 0 Å². The van der Waals surface area contributed by atoms with Crippen LogP contribution in [0.2, 0.25) is 5.02 Å². The summed E-state index contributed by atoms with van der Waals surface area (Å²) in [5.74, 6) is 0. The third kappa shape index (κ3) is 4.20. The van der Waals surface area contributed by atoms with Crippen LogP contribution in [-0.2, 0) is 0 Å². The first-order valence-corrected chi connectivity index (χ1v) is 5.92. The summed E-state index contributed by atoms with van der Waals surface area (Å²) in [5.41, 5.74) is 5.98. The Hall–Kier alpha value is -1.33. The molecule has 0 heterocycles. The van der Waals surface area contributed by atoms with E-state index in [0.29, 0.717) is 17.3 Å². The van der Waals surface area contributed by atoms with Gasteiger partial charge in [0, 0.05) is 6.54 Å². The van der Waals surface area contributed by atoms with Crippen LogP contribution in [0.3, 0.4) is 0 Å². The number of hydrogen-bond donors (Lipinski definition) is 2. The van der Waals surface area contributed by atoms with Gasteiger partial charge in [-0.05, 0) is 19.1 Å². The summed E-state index contributed by atoms with van der Waals surface area (Å²) < 4.78 is 0. The molecule has 3 N–H and O–H groups in total. The van der Waals surface area contributed by atoms with E-state index < -0.39 is 0 Å². The Morgan fingerprint density at radius 2 is 2.18 bits per heavy atom. The van der Waals surface area contributed by atoms with E-state index in [1.54, 1.807) is 24.3 Å². The molecule has 0 aromatic heterocycles. The van der Waals surface area contributed by atoms with Crippen molar-refractivity contribution < 1.29 is 4.79 Å². The molecule has 0 unspecified atom stereocenters. The van der Waals surface area contributed by atoms with Crippen LogP contribution in [-0.4, -0.2) is 29.0 Å². The fraction of sp³-hybridized carbons (Fsp3) is 0.273. The van der Waals surface area contributed by atoms with Crippen molar-refractivity contribution in [1.29, 1.82) is 0 Å². The van der Waals surface area contributed by atoms with E-state index in [1.807, 2.05) is 6.92 Å². The third-order valence-corrected chi connectivity index (χ3v) is 2.59. The quantitative estimate of drug-likeness (QED) is 0.827. The summed E-state index contributed by atoms with van der Waals surface area (Å²) in [6.45, 7) is 2.63. The van der Waals surface area contributed by atoms with Gasteiger partial charge in [0.1, 0.15) is 0 Å². The molecule has 0 bridgehead atoms. The van der Waals surface area contributed by atoms with Gasteiger partial charge in [-0.2, -0.15) is 0 Å². The van der Waals surface area contributed by atoms with Gasteiger partial charge in [-0.15, -0.1) is 0 Å². The first-order chi connectivity index (χ1) is 8.04. The van der Waals surface area contributed by atoms with Gasteiger partial charge in [0.15, 0.2) is 0 Å². The number of amides is 2. The molecule has 0 radical (unpaired) electrons. The van der Waals surface area contributed by atoms with E-state index in [0.717, 1.165) is 0 Å². The Bertz CT molecular complexity index is 425. The molecule has 1 rings (SSSR count). The van der Waals surface area contributed by atoms with Crippen LogP contribution in [0.25, 0.3) is 0 Å². The maximum atomic E-state index is 11.9. The van der Waals surface area contributed by atoms with Gasteiger partial charge in [-0.1, -0.05) is 36.0 Å². The highest BCUT2D eigenvalue weighted by molar-refractivity contribution is 7.80. The number of hydrogen-bond acceptors (Lipinski definition) is 2. The number of benzene rings is 1. The highest BCUT2D eigenvalue weighted by Crippen LogP contribution is 2.20. The number of nitrogens with zero attached hydrogens (tertiary/aromatic N) is 1. The number of thiocarbonyl (C=S) groups is 1. The van der Waals surface area contributed by atoms with Crippen LogP contribution in [0.15, 0.2) is 24.3 Å². The molecule has 0 saturated heterocycles. The standard InChI is InChI=1S/C11H14ClN3OS/c1-2-15(7-10(13)17)11(16)14-9-6-4-3-5-8(9)12/h3-6H,2,7H2,1H3,(H2,13,17)(H,14,16). The number of rotatable bonds is 4. The highest BCUT2D eigenvalue weighted by atomic mass is 35.5. The molecule has 0 aliphatic heterocycles. The van der Waals surface area contributed by atoms with Crippen molar-refractivity contribution >= 4 is 40.5 Å². The summed E-state index contributed by atoms with van der Waals surface area (Å²) in [6, 6.07) is 6.76. The number of anilines is 1. The van der Waals surface area contributed by atoms with Crippen molar-refractivity contribution in [2.75, 3.05) is 18.4 Å². The zero-order valence-electron chi connectivity index (χ0n) is 9.44. The van der Waals surface area contributed by atoms with Crippen LogP contribution in [0.4, 0.5) is 10.5 Å². The van der Waals surface area contributed by atoms with Crippen LogP contribution >= 0.6 is 23.8 Å². The Balaban J connectivity index is 2.71. The van der Waals surface area contributed by atoms with Crippen molar-refractivity contribution in [3.05, 3.63) is 29.3 Å². The summed E-state index contributed by atoms with van der Waals surface area (Å²) in [7, 11) is 0. The number of nitrogens with one attached hydrogen (secondary N) is 1. The summed E-state index contributed by atoms with van der Waals surface area (Å²) >= 11 is 10.7. The second-order valence-corrected chi connectivity index (χ2v) is 4.32. The Morgan fingerprint density at radius 3 is 2.71 bits per heavy atom. The number of halogens is 1. The molecule has 0 atom stereocenters. The molecule has 92 valence electrons. The zero-order chi connectivity index (χ0) is 12.8. The predicted octanol–water partition coefficient (Wildman–Crippen LogP) is 2.48. The molecule has 6 heteroatoms. The molecule has 0 aliphatic rings. The first-order valence-electron chi connectivity index (χ1n) is 5.13. The maximum Gasteiger partial charge on any atom is 0.322 e. The topological polar surface area (TPSA) is 58.4 Å². The highest BCUT2D eigenvalue weighted by Gasteiger charge is 2.13. The van der Waals surface area contributed by atoms with Gasteiger partial charge in [-0.3, -0.25) is 0 Å². The van der Waals surface area contributed by atoms with Gasteiger partial charge < -0.3 is 16.0 Å². The molecule has 0 aliphatic carbocycles. The van der Waals surface area contributed by atoms with Gasteiger partial charge in [-0.25, -0.2) is 4.79 Å². The smallest absolute Gasteiger partial charge is 0.322 e. The van der Waals surface area contributed by atoms with Crippen molar-refractivity contribution in [3.63, 3.8) is 0 Å². The minimum Gasteiger partial charge on any atom is -0.392 e. The number of carbonyl (C=O) groups is 1.